The molecule has 0 bridgehead atoms. The highest BCUT2D eigenvalue weighted by Crippen LogP contribution is 2.14. The van der Waals surface area contributed by atoms with Crippen LogP contribution in [0.4, 0.5) is 5.69 Å². The molecule has 0 radical (unpaired) electrons. The van der Waals surface area contributed by atoms with E-state index in [4.69, 9.17) is 16.3 Å². The number of amides is 1. The van der Waals surface area contributed by atoms with Gasteiger partial charge in [-0.05, 0) is 25.1 Å². The van der Waals surface area contributed by atoms with Crippen molar-refractivity contribution in [3.8, 4) is 0 Å². The number of hydrogen-bond acceptors (Lipinski definition) is 3. The van der Waals surface area contributed by atoms with Gasteiger partial charge in [0, 0.05) is 23.9 Å². The summed E-state index contributed by atoms with van der Waals surface area (Å²) in [6, 6.07) is 7.06. The van der Waals surface area contributed by atoms with E-state index in [1.165, 1.54) is 0 Å². The molecule has 0 atom stereocenters. The quantitative estimate of drug-likeness (QED) is 0.733. The van der Waals surface area contributed by atoms with Crippen molar-refractivity contribution in [3.05, 3.63) is 29.3 Å². The highest BCUT2D eigenvalue weighted by atomic mass is 35.5. The van der Waals surface area contributed by atoms with Gasteiger partial charge in [0.15, 0.2) is 0 Å². The molecule has 1 amide bonds. The number of hydrogen-bond donors (Lipinski definition) is 2. The van der Waals surface area contributed by atoms with Gasteiger partial charge in [-0.25, -0.2) is 0 Å². The molecule has 1 rings (SSSR count). The third-order valence-corrected chi connectivity index (χ3v) is 2.26. The van der Waals surface area contributed by atoms with Gasteiger partial charge in [-0.1, -0.05) is 17.7 Å². The predicted octanol–water partition coefficient (Wildman–Crippen LogP) is 1.90. The number of halogens is 1. The zero-order chi connectivity index (χ0) is 12.5. The van der Waals surface area contributed by atoms with Crippen molar-refractivity contribution in [2.24, 2.45) is 0 Å². The molecule has 1 aromatic carbocycles. The van der Waals surface area contributed by atoms with Gasteiger partial charge in [-0.3, -0.25) is 4.79 Å². The van der Waals surface area contributed by atoms with Crippen LogP contribution in [0.3, 0.4) is 0 Å². The van der Waals surface area contributed by atoms with Crippen LogP contribution in [0.15, 0.2) is 24.3 Å². The summed E-state index contributed by atoms with van der Waals surface area (Å²) in [5.74, 6) is -0.0937. The molecule has 0 fully saturated rings. The third-order valence-electron chi connectivity index (χ3n) is 2.02. The molecule has 1 aromatic rings. The molecule has 0 unspecified atom stereocenters. The molecule has 0 saturated heterocycles. The monoisotopic (exact) mass is 256 g/mol. The molecule has 5 heteroatoms. The van der Waals surface area contributed by atoms with Crippen molar-refractivity contribution < 1.29 is 9.53 Å². The summed E-state index contributed by atoms with van der Waals surface area (Å²) >= 11 is 5.81. The van der Waals surface area contributed by atoms with Gasteiger partial charge < -0.3 is 15.4 Å². The Morgan fingerprint density at radius 3 is 3.00 bits per heavy atom. The first-order valence-corrected chi connectivity index (χ1v) is 5.94. The van der Waals surface area contributed by atoms with E-state index in [0.29, 0.717) is 30.5 Å². The van der Waals surface area contributed by atoms with E-state index < -0.39 is 0 Å². The van der Waals surface area contributed by atoms with E-state index >= 15 is 0 Å². The summed E-state index contributed by atoms with van der Waals surface area (Å²) in [5.41, 5.74) is 0.703. The Hall–Kier alpha value is -1.10. The van der Waals surface area contributed by atoms with Crippen molar-refractivity contribution in [2.45, 2.75) is 6.92 Å². The van der Waals surface area contributed by atoms with Crippen LogP contribution in [0.5, 0.6) is 0 Å². The minimum absolute atomic E-state index is 0.0937. The molecular formula is C12H17ClN2O2. The summed E-state index contributed by atoms with van der Waals surface area (Å²) in [6.07, 6.45) is 0. The molecule has 0 spiro atoms. The molecule has 4 nitrogen and oxygen atoms in total. The van der Waals surface area contributed by atoms with Gasteiger partial charge in [0.1, 0.15) is 0 Å². The lowest BCUT2D eigenvalue weighted by atomic mass is 10.3. The number of nitrogens with one attached hydrogen (secondary N) is 2. The average Bonchev–Trinajstić information content (AvgIpc) is 2.29. The van der Waals surface area contributed by atoms with Crippen LogP contribution in [0, 0.1) is 0 Å². The lowest BCUT2D eigenvalue weighted by Gasteiger charge is -2.07. The van der Waals surface area contributed by atoms with E-state index in [-0.39, 0.29) is 12.5 Å². The Bertz CT molecular complexity index is 358. The van der Waals surface area contributed by atoms with E-state index in [0.717, 1.165) is 0 Å². The summed E-state index contributed by atoms with van der Waals surface area (Å²) in [5, 5.41) is 6.34. The highest BCUT2D eigenvalue weighted by molar-refractivity contribution is 6.30. The van der Waals surface area contributed by atoms with Crippen LogP contribution in [0.1, 0.15) is 6.92 Å². The van der Waals surface area contributed by atoms with Gasteiger partial charge in [0.05, 0.1) is 13.2 Å². The second-order valence-corrected chi connectivity index (χ2v) is 3.87. The fourth-order valence-electron chi connectivity index (χ4n) is 1.26. The van der Waals surface area contributed by atoms with E-state index in [2.05, 4.69) is 10.6 Å². The van der Waals surface area contributed by atoms with Gasteiger partial charge in [0.2, 0.25) is 5.91 Å². The number of anilines is 1. The second kappa shape index (κ2) is 8.06. The van der Waals surface area contributed by atoms with Gasteiger partial charge in [0.25, 0.3) is 0 Å². The molecule has 0 aliphatic heterocycles. The van der Waals surface area contributed by atoms with Gasteiger partial charge in [-0.2, -0.15) is 0 Å². The second-order valence-electron chi connectivity index (χ2n) is 3.43. The molecule has 0 aliphatic carbocycles. The fourth-order valence-corrected chi connectivity index (χ4v) is 1.45. The number of carbonyl (C=O) groups is 1. The van der Waals surface area contributed by atoms with E-state index in [9.17, 15) is 4.79 Å². The number of carbonyl (C=O) groups excluding carboxylic acids is 1. The predicted molar refractivity (Wildman–Crippen MR) is 69.4 cm³/mol. The van der Waals surface area contributed by atoms with E-state index in [1.54, 1.807) is 24.3 Å². The lowest BCUT2D eigenvalue weighted by Crippen LogP contribution is -2.30. The summed E-state index contributed by atoms with van der Waals surface area (Å²) in [6.45, 7) is 4.17. The smallest absolute Gasteiger partial charge is 0.238 e. The Labute approximate surface area is 106 Å². The van der Waals surface area contributed by atoms with Crippen molar-refractivity contribution in [1.29, 1.82) is 0 Å². The first-order chi connectivity index (χ1) is 8.22. The largest absolute Gasteiger partial charge is 0.380 e. The third kappa shape index (κ3) is 6.26. The van der Waals surface area contributed by atoms with Crippen LogP contribution < -0.4 is 10.6 Å². The molecule has 94 valence electrons. The Morgan fingerprint density at radius 1 is 1.47 bits per heavy atom. The van der Waals surface area contributed by atoms with Crippen LogP contribution in [0.25, 0.3) is 0 Å². The Kier molecular flexibility index (Phi) is 6.62. The summed E-state index contributed by atoms with van der Waals surface area (Å²) in [4.78, 5) is 11.5. The van der Waals surface area contributed by atoms with Gasteiger partial charge >= 0.3 is 0 Å². The SMILES string of the molecule is CCOCCNCC(=O)Nc1cccc(Cl)c1. The van der Waals surface area contributed by atoms with Crippen molar-refractivity contribution in [2.75, 3.05) is 31.6 Å². The zero-order valence-corrected chi connectivity index (χ0v) is 10.6. The van der Waals surface area contributed by atoms with Crippen molar-refractivity contribution in [1.82, 2.24) is 5.32 Å². The molecular weight excluding hydrogens is 240 g/mol. The first-order valence-electron chi connectivity index (χ1n) is 5.56. The van der Waals surface area contributed by atoms with Crippen LogP contribution in [-0.4, -0.2) is 32.2 Å². The summed E-state index contributed by atoms with van der Waals surface area (Å²) in [7, 11) is 0. The molecule has 0 saturated carbocycles. The maximum absolute atomic E-state index is 11.5. The number of benzene rings is 1. The Balaban J connectivity index is 2.21. The summed E-state index contributed by atoms with van der Waals surface area (Å²) < 4.78 is 5.14. The van der Waals surface area contributed by atoms with Crippen molar-refractivity contribution in [3.63, 3.8) is 0 Å². The van der Waals surface area contributed by atoms with Crippen LogP contribution in [-0.2, 0) is 9.53 Å². The topological polar surface area (TPSA) is 50.4 Å². The maximum atomic E-state index is 11.5. The van der Waals surface area contributed by atoms with Crippen molar-refractivity contribution >= 4 is 23.2 Å². The minimum Gasteiger partial charge on any atom is -0.380 e. The lowest BCUT2D eigenvalue weighted by molar-refractivity contribution is -0.115. The van der Waals surface area contributed by atoms with Crippen LogP contribution >= 0.6 is 11.6 Å². The molecule has 0 heterocycles. The fraction of sp³-hybridized carbons (Fsp3) is 0.417. The Morgan fingerprint density at radius 2 is 2.29 bits per heavy atom. The normalized spacial score (nSPS) is 10.2. The zero-order valence-electron chi connectivity index (χ0n) is 9.83. The average molecular weight is 257 g/mol. The standard InChI is InChI=1S/C12H17ClN2O2/c1-2-17-7-6-14-9-12(16)15-11-5-3-4-10(13)8-11/h3-5,8,14H,2,6-7,9H2,1H3,(H,15,16). The van der Waals surface area contributed by atoms with Gasteiger partial charge in [-0.15, -0.1) is 0 Å². The molecule has 17 heavy (non-hydrogen) atoms. The molecule has 2 N–H and O–H groups in total. The first kappa shape index (κ1) is 14.0. The number of rotatable bonds is 7. The van der Waals surface area contributed by atoms with E-state index in [1.807, 2.05) is 6.92 Å². The minimum atomic E-state index is -0.0937. The molecule has 0 aliphatic rings. The molecule has 0 aromatic heterocycles. The highest BCUT2D eigenvalue weighted by Gasteiger charge is 2.01. The maximum Gasteiger partial charge on any atom is 0.238 e. The number of ether oxygens (including phenoxy) is 1. The van der Waals surface area contributed by atoms with Crippen LogP contribution in [0.2, 0.25) is 5.02 Å².